The van der Waals surface area contributed by atoms with Crippen molar-refractivity contribution < 1.29 is 23.9 Å². The van der Waals surface area contributed by atoms with Gasteiger partial charge in [-0.2, -0.15) is 5.10 Å². The van der Waals surface area contributed by atoms with E-state index in [0.29, 0.717) is 5.39 Å². The lowest BCUT2D eigenvalue weighted by Crippen LogP contribution is -2.23. The van der Waals surface area contributed by atoms with Crippen LogP contribution in [-0.4, -0.2) is 41.8 Å². The Balaban J connectivity index is 1.71. The molecule has 0 unspecified atom stereocenters. The maximum atomic E-state index is 12.3. The average molecular weight is 381 g/mol. The number of hydrogen-bond acceptors (Lipinski definition) is 7. The van der Waals surface area contributed by atoms with Crippen LogP contribution in [0, 0.1) is 0 Å². The fourth-order valence-electron chi connectivity index (χ4n) is 2.54. The van der Waals surface area contributed by atoms with Gasteiger partial charge in [-0.25, -0.2) is 14.7 Å². The first-order valence-electron chi connectivity index (χ1n) is 8.13. The molecule has 0 saturated heterocycles. The molecule has 3 rings (SSSR count). The van der Waals surface area contributed by atoms with Crippen molar-refractivity contribution in [3.8, 4) is 0 Å². The van der Waals surface area contributed by atoms with Gasteiger partial charge < -0.3 is 14.8 Å². The lowest BCUT2D eigenvalue weighted by Gasteiger charge is -2.10. The highest BCUT2D eigenvalue weighted by molar-refractivity contribution is 6.04. The highest BCUT2D eigenvalue weighted by Gasteiger charge is 2.18. The molecule has 1 aromatic heterocycles. The minimum absolute atomic E-state index is 0.113. The lowest BCUT2D eigenvalue weighted by atomic mass is 10.1. The van der Waals surface area contributed by atoms with E-state index < -0.39 is 30.0 Å². The first-order valence-corrected chi connectivity index (χ1v) is 8.13. The molecule has 0 aliphatic heterocycles. The Morgan fingerprint density at radius 3 is 2.43 bits per heavy atom. The summed E-state index contributed by atoms with van der Waals surface area (Å²) in [4.78, 5) is 47.9. The number of esters is 2. The van der Waals surface area contributed by atoms with E-state index in [0.717, 1.165) is 0 Å². The maximum Gasteiger partial charge on any atom is 0.359 e. The topological polar surface area (TPSA) is 127 Å². The van der Waals surface area contributed by atoms with Gasteiger partial charge in [0.2, 0.25) is 0 Å². The number of nitrogens with zero attached hydrogens (tertiary/aromatic N) is 1. The lowest BCUT2D eigenvalue weighted by molar-refractivity contribution is -0.119. The van der Waals surface area contributed by atoms with Gasteiger partial charge in [0.05, 0.1) is 23.7 Å². The molecule has 0 radical (unpaired) electrons. The summed E-state index contributed by atoms with van der Waals surface area (Å²) in [6, 6.07) is 12.7. The predicted octanol–water partition coefficient (Wildman–Crippen LogP) is 1.51. The number of hydrogen-bond donors (Lipinski definition) is 2. The van der Waals surface area contributed by atoms with Gasteiger partial charge in [-0.05, 0) is 18.2 Å². The van der Waals surface area contributed by atoms with Crippen LogP contribution < -0.4 is 10.9 Å². The molecule has 0 bridgehead atoms. The molecule has 9 heteroatoms. The van der Waals surface area contributed by atoms with Crippen molar-refractivity contribution in [1.29, 1.82) is 0 Å². The summed E-state index contributed by atoms with van der Waals surface area (Å²) >= 11 is 0. The van der Waals surface area contributed by atoms with Crippen molar-refractivity contribution in [3.63, 3.8) is 0 Å². The number of H-pyrrole nitrogens is 1. The highest BCUT2D eigenvalue weighted by atomic mass is 16.5. The van der Waals surface area contributed by atoms with Crippen LogP contribution in [0.5, 0.6) is 0 Å². The van der Waals surface area contributed by atoms with Gasteiger partial charge in [-0.3, -0.25) is 9.59 Å². The number of fused-ring (bicyclic) bond motifs is 1. The number of methoxy groups -OCH3 is 1. The fourth-order valence-corrected chi connectivity index (χ4v) is 2.54. The van der Waals surface area contributed by atoms with Crippen LogP contribution >= 0.6 is 0 Å². The van der Waals surface area contributed by atoms with Gasteiger partial charge in [0.25, 0.3) is 11.5 Å². The van der Waals surface area contributed by atoms with Crippen molar-refractivity contribution in [2.75, 3.05) is 19.0 Å². The third-order valence-electron chi connectivity index (χ3n) is 3.83. The van der Waals surface area contributed by atoms with Gasteiger partial charge in [0.1, 0.15) is 0 Å². The molecule has 9 nitrogen and oxygen atoms in total. The molecule has 0 spiro atoms. The number of carbonyl (C=O) groups excluding carboxylic acids is 3. The smallest absolute Gasteiger partial charge is 0.359 e. The van der Waals surface area contributed by atoms with Crippen molar-refractivity contribution in [1.82, 2.24) is 10.2 Å². The number of aromatic amines is 1. The molecule has 1 amide bonds. The second-order valence-corrected chi connectivity index (χ2v) is 5.61. The normalized spacial score (nSPS) is 10.3. The Morgan fingerprint density at radius 1 is 1.00 bits per heavy atom. The predicted molar refractivity (Wildman–Crippen MR) is 99.1 cm³/mol. The molecule has 0 fully saturated rings. The Kier molecular flexibility index (Phi) is 5.45. The minimum atomic E-state index is -0.871. The number of rotatable bonds is 5. The quantitative estimate of drug-likeness (QED) is 0.641. The van der Waals surface area contributed by atoms with Crippen molar-refractivity contribution in [3.05, 3.63) is 70.1 Å². The largest absolute Gasteiger partial charge is 0.465 e. The summed E-state index contributed by atoms with van der Waals surface area (Å²) in [6.07, 6.45) is 0. The van der Waals surface area contributed by atoms with Gasteiger partial charge >= 0.3 is 11.9 Å². The Morgan fingerprint density at radius 2 is 1.68 bits per heavy atom. The van der Waals surface area contributed by atoms with Gasteiger partial charge in [0, 0.05) is 5.39 Å². The molecular formula is C19H15N3O6. The molecule has 0 saturated carbocycles. The third kappa shape index (κ3) is 3.88. The van der Waals surface area contributed by atoms with Crippen LogP contribution in [0.2, 0.25) is 0 Å². The fraction of sp³-hybridized carbons (Fsp3) is 0.105. The standard InChI is InChI=1S/C19H15N3O6/c1-27-18(25)13-8-4-5-9-14(13)20-15(23)10-28-19(26)16-11-6-2-3-7-12(11)17(24)22-21-16/h2-9H,10H2,1H3,(H,20,23)(H,22,24). The number of anilines is 1. The van der Waals surface area contributed by atoms with Gasteiger partial charge in [-0.1, -0.05) is 30.3 Å². The maximum absolute atomic E-state index is 12.3. The Labute approximate surface area is 158 Å². The van der Waals surface area contributed by atoms with Gasteiger partial charge in [0.15, 0.2) is 12.3 Å². The minimum Gasteiger partial charge on any atom is -0.465 e. The summed E-state index contributed by atoms with van der Waals surface area (Å²) in [5.74, 6) is -2.14. The van der Waals surface area contributed by atoms with Crippen LogP contribution in [0.25, 0.3) is 10.8 Å². The van der Waals surface area contributed by atoms with E-state index in [9.17, 15) is 19.2 Å². The van der Waals surface area contributed by atoms with Crippen molar-refractivity contribution in [2.45, 2.75) is 0 Å². The molecule has 2 aromatic carbocycles. The monoisotopic (exact) mass is 381 g/mol. The summed E-state index contributed by atoms with van der Waals surface area (Å²) in [6.45, 7) is -0.608. The molecule has 3 aromatic rings. The average Bonchev–Trinajstić information content (AvgIpc) is 2.72. The molecule has 0 aliphatic carbocycles. The Hall–Kier alpha value is -4.01. The summed E-state index contributed by atoms with van der Waals surface area (Å²) in [7, 11) is 1.23. The summed E-state index contributed by atoms with van der Waals surface area (Å²) in [5, 5.41) is 9.01. The second kappa shape index (κ2) is 8.12. The van der Waals surface area contributed by atoms with Crippen LogP contribution in [0.4, 0.5) is 5.69 Å². The molecule has 0 atom stereocenters. The number of carbonyl (C=O) groups is 3. The SMILES string of the molecule is COC(=O)c1ccccc1NC(=O)COC(=O)c1n[nH]c(=O)c2ccccc12. The van der Waals surface area contributed by atoms with E-state index in [1.807, 2.05) is 0 Å². The number of aromatic nitrogens is 2. The summed E-state index contributed by atoms with van der Waals surface area (Å²) < 4.78 is 9.64. The molecule has 0 aliphatic rings. The van der Waals surface area contributed by atoms with Crippen LogP contribution in [0.15, 0.2) is 53.3 Å². The number of amides is 1. The molecule has 2 N–H and O–H groups in total. The highest BCUT2D eigenvalue weighted by Crippen LogP contribution is 2.16. The van der Waals surface area contributed by atoms with Crippen molar-refractivity contribution in [2.24, 2.45) is 0 Å². The zero-order valence-corrected chi connectivity index (χ0v) is 14.7. The van der Waals surface area contributed by atoms with E-state index in [1.165, 1.54) is 19.2 Å². The van der Waals surface area contributed by atoms with E-state index in [2.05, 4.69) is 20.3 Å². The number of para-hydroxylation sites is 1. The number of ether oxygens (including phenoxy) is 2. The van der Waals surface area contributed by atoms with E-state index >= 15 is 0 Å². The number of benzene rings is 2. The molecule has 1 heterocycles. The first kappa shape index (κ1) is 18.8. The van der Waals surface area contributed by atoms with E-state index in [4.69, 9.17) is 4.74 Å². The zero-order chi connectivity index (χ0) is 20.1. The zero-order valence-electron chi connectivity index (χ0n) is 14.7. The first-order chi connectivity index (χ1) is 13.5. The van der Waals surface area contributed by atoms with E-state index in [-0.39, 0.29) is 22.3 Å². The van der Waals surface area contributed by atoms with Crippen LogP contribution in [-0.2, 0) is 14.3 Å². The third-order valence-corrected chi connectivity index (χ3v) is 3.83. The van der Waals surface area contributed by atoms with Crippen LogP contribution in [0.3, 0.4) is 0 Å². The van der Waals surface area contributed by atoms with Crippen molar-refractivity contribution >= 4 is 34.3 Å². The molecule has 142 valence electrons. The van der Waals surface area contributed by atoms with Gasteiger partial charge in [-0.15, -0.1) is 0 Å². The Bertz CT molecular complexity index is 1120. The van der Waals surface area contributed by atoms with E-state index in [1.54, 1.807) is 36.4 Å². The summed E-state index contributed by atoms with van der Waals surface area (Å²) in [5.41, 5.74) is -0.164. The molecular weight excluding hydrogens is 366 g/mol. The number of nitrogens with one attached hydrogen (secondary N) is 2. The van der Waals surface area contributed by atoms with Crippen LogP contribution in [0.1, 0.15) is 20.8 Å². The second-order valence-electron chi connectivity index (χ2n) is 5.61. The molecule has 28 heavy (non-hydrogen) atoms.